The smallest absolute Gasteiger partial charge is 0.223 e. The second kappa shape index (κ2) is 15.4. The van der Waals surface area contributed by atoms with Gasteiger partial charge in [0.2, 0.25) is 5.91 Å². The summed E-state index contributed by atoms with van der Waals surface area (Å²) in [7, 11) is 1.64. The van der Waals surface area contributed by atoms with E-state index in [4.69, 9.17) is 14.2 Å². The summed E-state index contributed by atoms with van der Waals surface area (Å²) in [6.45, 7) is 8.59. The molecule has 1 aliphatic rings. The number of hydrogen-bond acceptors (Lipinski definition) is 5. The van der Waals surface area contributed by atoms with E-state index in [0.29, 0.717) is 13.0 Å². The molecule has 2 aromatic rings. The van der Waals surface area contributed by atoms with Gasteiger partial charge in [-0.15, -0.1) is 0 Å². The number of carbonyl (C=O) groups excluding carboxylic acids is 1. The number of methoxy groups -OCH3 is 1. The molecule has 36 heavy (non-hydrogen) atoms. The van der Waals surface area contributed by atoms with Crippen molar-refractivity contribution in [2.45, 2.75) is 70.8 Å². The maximum atomic E-state index is 12.9. The van der Waals surface area contributed by atoms with E-state index in [1.807, 2.05) is 24.3 Å². The lowest BCUT2D eigenvalue weighted by atomic mass is 9.92. The number of ether oxygens (including phenoxy) is 3. The Morgan fingerprint density at radius 3 is 2.14 bits per heavy atom. The molecule has 0 bridgehead atoms. The molecule has 1 N–H and O–H groups in total. The largest absolute Gasteiger partial charge is 0.497 e. The van der Waals surface area contributed by atoms with Crippen molar-refractivity contribution in [2.75, 3.05) is 40.0 Å². The van der Waals surface area contributed by atoms with Gasteiger partial charge in [0.1, 0.15) is 17.2 Å². The van der Waals surface area contributed by atoms with E-state index in [-0.39, 0.29) is 17.9 Å². The van der Waals surface area contributed by atoms with Crippen LogP contribution in [0.4, 0.5) is 0 Å². The first-order valence-corrected chi connectivity index (χ1v) is 13.6. The van der Waals surface area contributed by atoms with Crippen molar-refractivity contribution < 1.29 is 19.0 Å². The van der Waals surface area contributed by atoms with Crippen LogP contribution in [0.5, 0.6) is 17.2 Å². The molecule has 1 fully saturated rings. The molecule has 0 saturated carbocycles. The van der Waals surface area contributed by atoms with Crippen molar-refractivity contribution in [1.82, 2.24) is 10.2 Å². The van der Waals surface area contributed by atoms with Crippen molar-refractivity contribution in [1.29, 1.82) is 0 Å². The fraction of sp³-hybridized carbons (Fsp3) is 0.567. The summed E-state index contributed by atoms with van der Waals surface area (Å²) in [5.74, 6) is 2.64. The van der Waals surface area contributed by atoms with Crippen LogP contribution in [0.1, 0.15) is 70.3 Å². The third-order valence-electron chi connectivity index (χ3n) is 6.93. The molecule has 0 spiro atoms. The number of likely N-dealkylation sites (tertiary alicyclic amines) is 1. The molecular weight excluding hydrogens is 452 g/mol. The van der Waals surface area contributed by atoms with Gasteiger partial charge in [0, 0.05) is 18.5 Å². The Morgan fingerprint density at radius 2 is 1.50 bits per heavy atom. The minimum Gasteiger partial charge on any atom is -0.497 e. The molecule has 0 radical (unpaired) electrons. The highest BCUT2D eigenvalue weighted by Crippen LogP contribution is 2.24. The summed E-state index contributed by atoms with van der Waals surface area (Å²) in [6, 6.07) is 15.9. The molecule has 0 unspecified atom stereocenters. The summed E-state index contributed by atoms with van der Waals surface area (Å²) >= 11 is 0. The second-order valence-corrected chi connectivity index (χ2v) is 9.72. The molecular formula is C30H44N2O4. The summed E-state index contributed by atoms with van der Waals surface area (Å²) in [4.78, 5) is 15.3. The summed E-state index contributed by atoms with van der Waals surface area (Å²) in [6.07, 6.45) is 7.59. The van der Waals surface area contributed by atoms with E-state index in [0.717, 1.165) is 49.9 Å². The molecule has 1 aliphatic heterocycles. The average Bonchev–Trinajstić information content (AvgIpc) is 3.42. The predicted octanol–water partition coefficient (Wildman–Crippen LogP) is 5.81. The van der Waals surface area contributed by atoms with Gasteiger partial charge in [0.25, 0.3) is 0 Å². The zero-order valence-electron chi connectivity index (χ0n) is 22.3. The van der Waals surface area contributed by atoms with E-state index in [1.54, 1.807) is 7.11 Å². The highest BCUT2D eigenvalue weighted by atomic mass is 16.5. The van der Waals surface area contributed by atoms with Crippen molar-refractivity contribution in [3.63, 3.8) is 0 Å². The lowest BCUT2D eigenvalue weighted by Crippen LogP contribution is -2.46. The van der Waals surface area contributed by atoms with E-state index in [2.05, 4.69) is 48.3 Å². The first kappa shape index (κ1) is 27.9. The highest BCUT2D eigenvalue weighted by molar-refractivity contribution is 5.76. The van der Waals surface area contributed by atoms with Crippen LogP contribution in [0.2, 0.25) is 0 Å². The van der Waals surface area contributed by atoms with Crippen molar-refractivity contribution in [2.24, 2.45) is 0 Å². The molecule has 198 valence electrons. The predicted molar refractivity (Wildman–Crippen MR) is 145 cm³/mol. The fourth-order valence-corrected chi connectivity index (χ4v) is 4.60. The normalized spacial score (nSPS) is 15.3. The summed E-state index contributed by atoms with van der Waals surface area (Å²) < 4.78 is 16.9. The fourth-order valence-electron chi connectivity index (χ4n) is 4.60. The molecule has 6 heteroatoms. The van der Waals surface area contributed by atoms with E-state index >= 15 is 0 Å². The number of rotatable bonds is 16. The Kier molecular flexibility index (Phi) is 11.9. The van der Waals surface area contributed by atoms with Gasteiger partial charge in [-0.3, -0.25) is 4.79 Å². The summed E-state index contributed by atoms with van der Waals surface area (Å²) in [5.41, 5.74) is 1.22. The maximum Gasteiger partial charge on any atom is 0.223 e. The van der Waals surface area contributed by atoms with Gasteiger partial charge < -0.3 is 24.4 Å². The molecule has 2 aromatic carbocycles. The van der Waals surface area contributed by atoms with Crippen molar-refractivity contribution in [3.05, 3.63) is 54.1 Å². The lowest BCUT2D eigenvalue weighted by Gasteiger charge is -2.30. The molecule has 1 saturated heterocycles. The van der Waals surface area contributed by atoms with Gasteiger partial charge in [0.15, 0.2) is 0 Å². The SMILES string of the molecule is CCCCCCOc1ccc([C@@H](C)[C@@H](CN2CCCC2)NC(=O)CCOc2ccc(OC)cc2)cc1. The molecule has 0 aromatic heterocycles. The number of unbranched alkanes of at least 4 members (excludes halogenated alkanes) is 3. The van der Waals surface area contributed by atoms with Crippen LogP contribution >= 0.6 is 0 Å². The minimum atomic E-state index is 0.0200. The van der Waals surface area contributed by atoms with Gasteiger partial charge in [-0.25, -0.2) is 0 Å². The minimum absolute atomic E-state index is 0.0200. The third kappa shape index (κ3) is 9.38. The Labute approximate surface area is 217 Å². The Bertz CT molecular complexity index is 879. The van der Waals surface area contributed by atoms with E-state index in [1.165, 1.54) is 37.7 Å². The molecule has 3 rings (SSSR count). The van der Waals surface area contributed by atoms with Gasteiger partial charge >= 0.3 is 0 Å². The first-order chi connectivity index (χ1) is 17.6. The molecule has 1 heterocycles. The van der Waals surface area contributed by atoms with Crippen LogP contribution in [0.25, 0.3) is 0 Å². The molecule has 1 amide bonds. The quantitative estimate of drug-likeness (QED) is 0.297. The van der Waals surface area contributed by atoms with Crippen molar-refractivity contribution in [3.8, 4) is 17.2 Å². The van der Waals surface area contributed by atoms with Gasteiger partial charge in [-0.05, 0) is 74.3 Å². The maximum absolute atomic E-state index is 12.9. The molecule has 2 atom stereocenters. The Morgan fingerprint density at radius 1 is 0.889 bits per heavy atom. The van der Waals surface area contributed by atoms with Crippen LogP contribution in [-0.2, 0) is 4.79 Å². The van der Waals surface area contributed by atoms with Gasteiger partial charge in [0.05, 0.1) is 26.7 Å². The number of hydrogen-bond donors (Lipinski definition) is 1. The number of carbonyl (C=O) groups is 1. The van der Waals surface area contributed by atoms with Crippen molar-refractivity contribution >= 4 is 5.91 Å². The molecule has 0 aliphatic carbocycles. The van der Waals surface area contributed by atoms with Crippen LogP contribution in [0.15, 0.2) is 48.5 Å². The van der Waals surface area contributed by atoms with Crippen LogP contribution < -0.4 is 19.5 Å². The topological polar surface area (TPSA) is 60.0 Å². The number of benzene rings is 2. The second-order valence-electron chi connectivity index (χ2n) is 9.72. The zero-order valence-corrected chi connectivity index (χ0v) is 22.3. The Balaban J connectivity index is 1.52. The summed E-state index contributed by atoms with van der Waals surface area (Å²) in [5, 5.41) is 3.30. The number of nitrogens with one attached hydrogen (secondary N) is 1. The number of amides is 1. The van der Waals surface area contributed by atoms with E-state index < -0.39 is 0 Å². The first-order valence-electron chi connectivity index (χ1n) is 13.6. The van der Waals surface area contributed by atoms with Gasteiger partial charge in [-0.1, -0.05) is 45.2 Å². The Hall–Kier alpha value is -2.73. The monoisotopic (exact) mass is 496 g/mol. The van der Waals surface area contributed by atoms with E-state index in [9.17, 15) is 4.79 Å². The third-order valence-corrected chi connectivity index (χ3v) is 6.93. The van der Waals surface area contributed by atoms with Crippen LogP contribution in [0.3, 0.4) is 0 Å². The van der Waals surface area contributed by atoms with Crippen LogP contribution in [0, 0.1) is 0 Å². The zero-order chi connectivity index (χ0) is 25.6. The highest BCUT2D eigenvalue weighted by Gasteiger charge is 2.25. The number of nitrogens with zero attached hydrogens (tertiary/aromatic N) is 1. The molecule has 6 nitrogen and oxygen atoms in total. The van der Waals surface area contributed by atoms with Gasteiger partial charge in [-0.2, -0.15) is 0 Å². The standard InChI is InChI=1S/C30H44N2O4/c1-4-5-6-9-21-35-27-12-10-25(11-13-27)24(2)29(23-32-19-7-8-20-32)31-30(33)18-22-36-28-16-14-26(34-3)15-17-28/h10-17,24,29H,4-9,18-23H2,1-3H3,(H,31,33)/t24-,29-/m1/s1. The average molecular weight is 497 g/mol. The lowest BCUT2D eigenvalue weighted by molar-refractivity contribution is -0.122. The van der Waals surface area contributed by atoms with Crippen LogP contribution in [-0.4, -0.2) is 56.8 Å².